The van der Waals surface area contributed by atoms with Crippen LogP contribution < -0.4 is 9.80 Å². The molecule has 3 nitrogen and oxygen atoms in total. The summed E-state index contributed by atoms with van der Waals surface area (Å²) >= 11 is 0. The Balaban J connectivity index is 0.852. The first-order valence-electron chi connectivity index (χ1n) is 18.1. The number of anilines is 2. The third kappa shape index (κ3) is 5.15. The summed E-state index contributed by atoms with van der Waals surface area (Å²) in [6.07, 6.45) is 0. The lowest BCUT2D eigenvalue weighted by Gasteiger charge is -2.25. The topological polar surface area (TPSA) is 23.6 Å². The molecule has 0 N–H and O–H groups in total. The Bertz CT molecular complexity index is 2960. The largest absolute Gasteiger partial charge is 0.328 e. The Morgan fingerprint density at radius 1 is 0.370 bits per heavy atom. The van der Waals surface area contributed by atoms with Crippen LogP contribution >= 0.6 is 0 Å². The maximum atomic E-state index is 13.6. The number of hydrogen-bond donors (Lipinski definition) is 0. The van der Waals surface area contributed by atoms with Crippen molar-refractivity contribution in [1.82, 2.24) is 0 Å². The minimum absolute atomic E-state index is 0.144. The molecule has 0 unspecified atom stereocenters. The molecule has 0 saturated heterocycles. The predicted molar refractivity (Wildman–Crippen MR) is 227 cm³/mol. The van der Waals surface area contributed by atoms with Crippen LogP contribution in [-0.4, -0.2) is 20.1 Å². The monoisotopic (exact) mass is 688 g/mol. The zero-order chi connectivity index (χ0) is 36.3. The number of amides is 2. The highest BCUT2D eigenvalue weighted by molar-refractivity contribution is 6.25. The summed E-state index contributed by atoms with van der Waals surface area (Å²) in [7, 11) is 3.58. The Kier molecular flexibility index (Phi) is 7.22. The zero-order valence-electron chi connectivity index (χ0n) is 29.8. The Labute approximate surface area is 313 Å². The predicted octanol–water partition coefficient (Wildman–Crippen LogP) is 12.0. The quantitative estimate of drug-likeness (QED) is 0.131. The van der Waals surface area contributed by atoms with Crippen molar-refractivity contribution in [2.45, 2.75) is 0 Å². The second-order valence-electron chi connectivity index (χ2n) is 13.9. The molecule has 252 valence electrons. The van der Waals surface area contributed by atoms with Crippen molar-refractivity contribution in [2.75, 3.05) is 23.9 Å². The molecular formula is C51H32N2O. The van der Waals surface area contributed by atoms with E-state index >= 15 is 0 Å². The van der Waals surface area contributed by atoms with Crippen molar-refractivity contribution in [3.8, 4) is 23.7 Å². The van der Waals surface area contributed by atoms with E-state index in [0.29, 0.717) is 0 Å². The summed E-state index contributed by atoms with van der Waals surface area (Å²) in [5.74, 6) is 13.5. The SMILES string of the molecule is CN(C(=O)N(C)c1ccc(C#Cc2ccc3ccc4cccc5ccc2c3c45)cc1)c1ccc(C#Cc2ccc3ccc4cccc5ccc2c3c45)cc1. The first kappa shape index (κ1) is 31.4. The van der Waals surface area contributed by atoms with Gasteiger partial charge in [-0.2, -0.15) is 0 Å². The van der Waals surface area contributed by atoms with Crippen molar-refractivity contribution < 1.29 is 4.79 Å². The van der Waals surface area contributed by atoms with Gasteiger partial charge in [-0.05, 0) is 125 Å². The molecule has 0 spiro atoms. The van der Waals surface area contributed by atoms with Gasteiger partial charge in [-0.25, -0.2) is 4.79 Å². The molecule has 0 fully saturated rings. The van der Waals surface area contributed by atoms with Gasteiger partial charge in [0.15, 0.2) is 0 Å². The Morgan fingerprint density at radius 3 is 1.09 bits per heavy atom. The van der Waals surface area contributed by atoms with E-state index in [0.717, 1.165) is 44.4 Å². The molecule has 0 aliphatic rings. The van der Waals surface area contributed by atoms with Gasteiger partial charge < -0.3 is 0 Å². The molecule has 0 saturated carbocycles. The Morgan fingerprint density at radius 2 is 0.704 bits per heavy atom. The fraction of sp³-hybridized carbons (Fsp3) is 0.0392. The van der Waals surface area contributed by atoms with Crippen molar-refractivity contribution in [3.05, 3.63) is 180 Å². The second kappa shape index (κ2) is 12.4. The van der Waals surface area contributed by atoms with Gasteiger partial charge in [0.05, 0.1) is 0 Å². The minimum Gasteiger partial charge on any atom is -0.297 e. The maximum Gasteiger partial charge on any atom is 0.328 e. The second-order valence-corrected chi connectivity index (χ2v) is 13.9. The van der Waals surface area contributed by atoms with Crippen LogP contribution in [0, 0.1) is 23.7 Å². The van der Waals surface area contributed by atoms with Crippen LogP contribution in [0.3, 0.4) is 0 Å². The fourth-order valence-electron chi connectivity index (χ4n) is 7.95. The van der Waals surface area contributed by atoms with Crippen LogP contribution in [0.5, 0.6) is 0 Å². The highest BCUT2D eigenvalue weighted by Crippen LogP contribution is 2.37. The molecule has 0 bridgehead atoms. The lowest BCUT2D eigenvalue weighted by atomic mass is 9.92. The van der Waals surface area contributed by atoms with Gasteiger partial charge in [0, 0.05) is 47.7 Å². The van der Waals surface area contributed by atoms with Gasteiger partial charge in [0.2, 0.25) is 0 Å². The van der Waals surface area contributed by atoms with Crippen LogP contribution in [0.25, 0.3) is 64.6 Å². The van der Waals surface area contributed by atoms with E-state index < -0.39 is 0 Å². The third-order valence-electron chi connectivity index (χ3n) is 10.8. The summed E-state index contributed by atoms with van der Waals surface area (Å²) in [6.45, 7) is 0. The van der Waals surface area contributed by atoms with E-state index in [-0.39, 0.29) is 6.03 Å². The van der Waals surface area contributed by atoms with Crippen LogP contribution in [0.2, 0.25) is 0 Å². The normalized spacial score (nSPS) is 11.3. The summed E-state index contributed by atoms with van der Waals surface area (Å²) in [5, 5.41) is 14.9. The van der Waals surface area contributed by atoms with E-state index in [4.69, 9.17) is 0 Å². The number of hydrogen-bond acceptors (Lipinski definition) is 1. The first-order chi connectivity index (χ1) is 26.5. The minimum atomic E-state index is -0.144. The molecule has 0 radical (unpaired) electrons. The highest BCUT2D eigenvalue weighted by atomic mass is 16.2. The summed E-state index contributed by atoms with van der Waals surface area (Å²) in [5.41, 5.74) is 5.35. The molecular weight excluding hydrogens is 657 g/mol. The lowest BCUT2D eigenvalue weighted by molar-refractivity contribution is 0.253. The van der Waals surface area contributed by atoms with E-state index in [1.165, 1.54) is 53.9 Å². The maximum absolute atomic E-state index is 13.6. The highest BCUT2D eigenvalue weighted by Gasteiger charge is 2.18. The van der Waals surface area contributed by atoms with Crippen LogP contribution in [-0.2, 0) is 0 Å². The van der Waals surface area contributed by atoms with Crippen LogP contribution in [0.15, 0.2) is 158 Å². The molecule has 0 aromatic heterocycles. The standard InChI is InChI=1S/C51H32N2O/c1-52(43-27-11-33(12-28-43)9-15-35-17-19-41-23-21-37-5-3-7-39-25-31-45(35)49(41)47(37)39)51(54)53(2)44-29-13-34(14-30-44)10-16-36-18-20-42-24-22-38-6-4-8-40-26-32-46(36)50(42)48(38)40/h3-8,11-14,17-32H,1-2H3. The smallest absolute Gasteiger partial charge is 0.297 e. The van der Waals surface area contributed by atoms with Crippen LogP contribution in [0.1, 0.15) is 22.3 Å². The van der Waals surface area contributed by atoms with Gasteiger partial charge >= 0.3 is 6.03 Å². The molecule has 3 heteroatoms. The van der Waals surface area contributed by atoms with E-state index in [1.807, 2.05) is 48.5 Å². The van der Waals surface area contributed by atoms with Crippen molar-refractivity contribution in [3.63, 3.8) is 0 Å². The molecule has 0 atom stereocenters. The number of benzene rings is 10. The molecule has 0 aliphatic carbocycles. The lowest BCUT2D eigenvalue weighted by Crippen LogP contribution is -2.38. The van der Waals surface area contributed by atoms with Crippen LogP contribution in [0.4, 0.5) is 16.2 Å². The molecule has 0 aliphatic heterocycles. The van der Waals surface area contributed by atoms with E-state index in [1.54, 1.807) is 23.9 Å². The Hall–Kier alpha value is -7.33. The summed E-state index contributed by atoms with van der Waals surface area (Å²) < 4.78 is 0. The van der Waals surface area contributed by atoms with E-state index in [2.05, 4.69) is 133 Å². The molecule has 54 heavy (non-hydrogen) atoms. The average Bonchev–Trinajstić information content (AvgIpc) is 3.23. The third-order valence-corrected chi connectivity index (χ3v) is 10.8. The van der Waals surface area contributed by atoms with Gasteiger partial charge in [0.1, 0.15) is 0 Å². The summed E-state index contributed by atoms with van der Waals surface area (Å²) in [6, 6.07) is 54.4. The molecule has 2 amide bonds. The van der Waals surface area contributed by atoms with Crippen molar-refractivity contribution >= 4 is 82.0 Å². The van der Waals surface area contributed by atoms with E-state index in [9.17, 15) is 4.79 Å². The van der Waals surface area contributed by atoms with Crippen molar-refractivity contribution in [1.29, 1.82) is 0 Å². The first-order valence-corrected chi connectivity index (χ1v) is 18.1. The average molecular weight is 689 g/mol. The van der Waals surface area contributed by atoms with Gasteiger partial charge in [0.25, 0.3) is 0 Å². The molecule has 0 heterocycles. The van der Waals surface area contributed by atoms with Gasteiger partial charge in [-0.1, -0.05) is 121 Å². The zero-order valence-corrected chi connectivity index (χ0v) is 29.8. The summed E-state index contributed by atoms with van der Waals surface area (Å²) in [4.78, 5) is 16.9. The van der Waals surface area contributed by atoms with Crippen molar-refractivity contribution in [2.24, 2.45) is 0 Å². The number of carbonyl (C=O) groups excluding carboxylic acids is 1. The molecule has 10 rings (SSSR count). The van der Waals surface area contributed by atoms with Gasteiger partial charge in [-0.3, -0.25) is 9.80 Å². The molecule has 10 aromatic carbocycles. The van der Waals surface area contributed by atoms with Gasteiger partial charge in [-0.15, -0.1) is 0 Å². The fourth-order valence-corrected chi connectivity index (χ4v) is 7.95. The number of nitrogens with zero attached hydrogens (tertiary/aromatic N) is 2. The number of rotatable bonds is 2. The molecule has 10 aromatic rings. The number of urea groups is 1. The number of carbonyl (C=O) groups is 1.